The molecule has 1 amide bonds. The highest BCUT2D eigenvalue weighted by atomic mass is 16.5. The van der Waals surface area contributed by atoms with Crippen LogP contribution in [0.5, 0.6) is 5.75 Å². The van der Waals surface area contributed by atoms with Gasteiger partial charge in [0.15, 0.2) is 0 Å². The average Bonchev–Trinajstić information content (AvgIpc) is 3.27. The number of fused-ring (bicyclic) bond motifs is 2. The van der Waals surface area contributed by atoms with Crippen LogP contribution in [0, 0.1) is 5.92 Å². The number of aromatic amines is 1. The molecule has 1 fully saturated rings. The Kier molecular flexibility index (Phi) is 5.21. The molecule has 156 valence electrons. The molecule has 1 aliphatic heterocycles. The van der Waals surface area contributed by atoms with Gasteiger partial charge in [0.2, 0.25) is 5.91 Å². The van der Waals surface area contributed by atoms with Crippen LogP contribution in [0.1, 0.15) is 41.6 Å². The first-order valence-corrected chi connectivity index (χ1v) is 11.0. The third-order valence-electron chi connectivity index (χ3n) is 6.64. The van der Waals surface area contributed by atoms with Crippen molar-refractivity contribution in [3.63, 3.8) is 0 Å². The summed E-state index contributed by atoms with van der Waals surface area (Å²) < 4.78 is 5.46. The molecule has 0 atom stereocenters. The van der Waals surface area contributed by atoms with Crippen molar-refractivity contribution in [2.45, 2.75) is 45.3 Å². The largest absolute Gasteiger partial charge is 0.497 e. The maximum absolute atomic E-state index is 12.3. The summed E-state index contributed by atoms with van der Waals surface area (Å²) in [5.41, 5.74) is 6.50. The van der Waals surface area contributed by atoms with Crippen LogP contribution >= 0.6 is 0 Å². The number of rotatable bonds is 7. The van der Waals surface area contributed by atoms with Crippen LogP contribution in [0.15, 0.2) is 42.5 Å². The van der Waals surface area contributed by atoms with Crippen molar-refractivity contribution in [3.8, 4) is 5.75 Å². The first-order valence-electron chi connectivity index (χ1n) is 11.0. The van der Waals surface area contributed by atoms with E-state index < -0.39 is 0 Å². The first kappa shape index (κ1) is 19.2. The zero-order chi connectivity index (χ0) is 20.5. The van der Waals surface area contributed by atoms with Crippen LogP contribution in [0.25, 0.3) is 10.9 Å². The summed E-state index contributed by atoms with van der Waals surface area (Å²) in [5.74, 6) is 1.31. The Morgan fingerprint density at radius 1 is 1.17 bits per heavy atom. The first-order chi connectivity index (χ1) is 14.7. The Morgan fingerprint density at radius 2 is 1.93 bits per heavy atom. The number of methoxy groups -OCH3 is 1. The predicted molar refractivity (Wildman–Crippen MR) is 118 cm³/mol. The highest BCUT2D eigenvalue weighted by Gasteiger charge is 2.25. The van der Waals surface area contributed by atoms with E-state index in [4.69, 9.17) is 4.74 Å². The van der Waals surface area contributed by atoms with E-state index >= 15 is 0 Å². The number of hydrogen-bond acceptors (Lipinski definition) is 3. The Bertz CT molecular complexity index is 1040. The monoisotopic (exact) mass is 403 g/mol. The number of hydrogen-bond donors (Lipinski definition) is 2. The van der Waals surface area contributed by atoms with E-state index in [1.165, 1.54) is 34.2 Å². The van der Waals surface area contributed by atoms with Crippen molar-refractivity contribution < 1.29 is 9.53 Å². The van der Waals surface area contributed by atoms with Crippen molar-refractivity contribution in [3.05, 3.63) is 64.8 Å². The van der Waals surface area contributed by atoms with Gasteiger partial charge in [0.05, 0.1) is 7.11 Å². The van der Waals surface area contributed by atoms with E-state index in [0.29, 0.717) is 6.54 Å². The standard InChI is InChI=1S/C25H29N3O2/c1-30-20-9-10-23-22(13-20)21(11-12-26-25(29)17-7-4-8-17)24(27-23)16-28-14-18-5-2-3-6-19(18)15-28/h2-3,5-6,9-10,13,17,27H,4,7-8,11-12,14-16H2,1H3,(H,26,29). The molecule has 2 aromatic carbocycles. The number of benzene rings is 2. The van der Waals surface area contributed by atoms with Crippen LogP contribution in [0.4, 0.5) is 0 Å². The quantitative estimate of drug-likeness (QED) is 0.623. The minimum Gasteiger partial charge on any atom is -0.497 e. The van der Waals surface area contributed by atoms with Gasteiger partial charge in [0.1, 0.15) is 5.75 Å². The molecule has 1 saturated carbocycles. The van der Waals surface area contributed by atoms with Crippen molar-refractivity contribution in [2.24, 2.45) is 5.92 Å². The molecule has 2 heterocycles. The molecule has 0 radical (unpaired) electrons. The van der Waals surface area contributed by atoms with Gasteiger partial charge in [-0.05, 0) is 54.2 Å². The summed E-state index contributed by atoms with van der Waals surface area (Å²) in [6.45, 7) is 3.50. The molecule has 0 spiro atoms. The fourth-order valence-corrected chi connectivity index (χ4v) is 4.69. The maximum Gasteiger partial charge on any atom is 0.223 e. The summed E-state index contributed by atoms with van der Waals surface area (Å²) in [6, 6.07) is 14.9. The molecular formula is C25H29N3O2. The van der Waals surface area contributed by atoms with Gasteiger partial charge in [-0.3, -0.25) is 9.69 Å². The van der Waals surface area contributed by atoms with Gasteiger partial charge in [0.25, 0.3) is 0 Å². The lowest BCUT2D eigenvalue weighted by Crippen LogP contribution is -2.35. The van der Waals surface area contributed by atoms with Gasteiger partial charge in [-0.15, -0.1) is 0 Å². The van der Waals surface area contributed by atoms with Gasteiger partial charge in [-0.2, -0.15) is 0 Å². The molecule has 1 aromatic heterocycles. The van der Waals surface area contributed by atoms with Crippen molar-refractivity contribution in [2.75, 3.05) is 13.7 Å². The molecule has 5 rings (SSSR count). The SMILES string of the molecule is COc1ccc2[nH]c(CN3Cc4ccccc4C3)c(CCNC(=O)C3CCC3)c2c1. The lowest BCUT2D eigenvalue weighted by Gasteiger charge is -2.24. The Hall–Kier alpha value is -2.79. The number of carbonyl (C=O) groups is 1. The Morgan fingerprint density at radius 3 is 2.60 bits per heavy atom. The topological polar surface area (TPSA) is 57.4 Å². The zero-order valence-electron chi connectivity index (χ0n) is 17.5. The second-order valence-corrected chi connectivity index (χ2v) is 8.58. The molecule has 2 N–H and O–H groups in total. The minimum atomic E-state index is 0.218. The highest BCUT2D eigenvalue weighted by molar-refractivity contribution is 5.86. The molecular weight excluding hydrogens is 374 g/mol. The van der Waals surface area contributed by atoms with Crippen molar-refractivity contribution in [1.82, 2.24) is 15.2 Å². The normalized spacial score (nSPS) is 16.4. The molecule has 1 aliphatic carbocycles. The summed E-state index contributed by atoms with van der Waals surface area (Å²) in [4.78, 5) is 18.4. The number of aromatic nitrogens is 1. The molecule has 0 bridgehead atoms. The summed E-state index contributed by atoms with van der Waals surface area (Å²) in [6.07, 6.45) is 4.08. The van der Waals surface area contributed by atoms with E-state index in [2.05, 4.69) is 51.6 Å². The maximum atomic E-state index is 12.3. The predicted octanol–water partition coefficient (Wildman–Crippen LogP) is 4.15. The molecule has 0 saturated heterocycles. The van der Waals surface area contributed by atoms with E-state index in [9.17, 15) is 4.79 Å². The van der Waals surface area contributed by atoms with E-state index in [0.717, 1.165) is 50.2 Å². The fraction of sp³-hybridized carbons (Fsp3) is 0.400. The van der Waals surface area contributed by atoms with E-state index in [1.54, 1.807) is 7.11 Å². The average molecular weight is 404 g/mol. The summed E-state index contributed by atoms with van der Waals surface area (Å²) >= 11 is 0. The van der Waals surface area contributed by atoms with Gasteiger partial charge in [-0.25, -0.2) is 0 Å². The van der Waals surface area contributed by atoms with Crippen LogP contribution < -0.4 is 10.1 Å². The smallest absolute Gasteiger partial charge is 0.223 e. The molecule has 0 unspecified atom stereocenters. The molecule has 5 heteroatoms. The summed E-state index contributed by atoms with van der Waals surface area (Å²) in [7, 11) is 1.70. The number of nitrogens with one attached hydrogen (secondary N) is 2. The highest BCUT2D eigenvalue weighted by Crippen LogP contribution is 2.31. The molecule has 30 heavy (non-hydrogen) atoms. The lowest BCUT2D eigenvalue weighted by molar-refractivity contribution is -0.127. The third kappa shape index (κ3) is 3.70. The van der Waals surface area contributed by atoms with E-state index in [-0.39, 0.29) is 11.8 Å². The number of amides is 1. The second-order valence-electron chi connectivity index (χ2n) is 8.58. The lowest BCUT2D eigenvalue weighted by atomic mass is 9.85. The number of carbonyl (C=O) groups excluding carboxylic acids is 1. The third-order valence-corrected chi connectivity index (χ3v) is 6.64. The molecule has 2 aliphatic rings. The second kappa shape index (κ2) is 8.15. The van der Waals surface area contributed by atoms with Crippen molar-refractivity contribution in [1.29, 1.82) is 0 Å². The number of H-pyrrole nitrogens is 1. The van der Waals surface area contributed by atoms with E-state index in [1.807, 2.05) is 6.07 Å². The van der Waals surface area contributed by atoms with Gasteiger partial charge in [-0.1, -0.05) is 30.7 Å². The van der Waals surface area contributed by atoms with Gasteiger partial charge >= 0.3 is 0 Å². The summed E-state index contributed by atoms with van der Waals surface area (Å²) in [5, 5.41) is 4.35. The Balaban J connectivity index is 1.36. The van der Waals surface area contributed by atoms with Gasteiger partial charge in [0, 0.05) is 48.7 Å². The van der Waals surface area contributed by atoms with Crippen molar-refractivity contribution >= 4 is 16.8 Å². The van der Waals surface area contributed by atoms with Crippen LogP contribution in [0.3, 0.4) is 0 Å². The number of ether oxygens (including phenoxy) is 1. The van der Waals surface area contributed by atoms with Crippen LogP contribution in [-0.4, -0.2) is 29.4 Å². The minimum absolute atomic E-state index is 0.218. The van der Waals surface area contributed by atoms with Gasteiger partial charge < -0.3 is 15.0 Å². The molecule has 5 nitrogen and oxygen atoms in total. The fourth-order valence-electron chi connectivity index (χ4n) is 4.69. The Labute approximate surface area is 177 Å². The zero-order valence-corrected chi connectivity index (χ0v) is 17.5. The van der Waals surface area contributed by atoms with Crippen LogP contribution in [-0.2, 0) is 30.8 Å². The molecule has 3 aromatic rings. The number of nitrogens with zero attached hydrogens (tertiary/aromatic N) is 1. The van der Waals surface area contributed by atoms with Crippen LogP contribution in [0.2, 0.25) is 0 Å².